The highest BCUT2D eigenvalue weighted by molar-refractivity contribution is 14.1. The minimum atomic E-state index is 0.0773. The van der Waals surface area contributed by atoms with Crippen LogP contribution in [0.15, 0.2) is 60.6 Å². The number of rotatable bonds is 4. The van der Waals surface area contributed by atoms with E-state index >= 15 is 0 Å². The number of halogens is 1. The number of hydrogen-bond donors (Lipinski definition) is 1. The summed E-state index contributed by atoms with van der Waals surface area (Å²) in [5, 5.41) is 1.07. The first-order valence-corrected chi connectivity index (χ1v) is 13.1. The normalized spacial score (nSPS) is 22.1. The number of amides is 1. The zero-order chi connectivity index (χ0) is 24.1. The van der Waals surface area contributed by atoms with Crippen LogP contribution in [-0.2, 0) is 5.41 Å². The van der Waals surface area contributed by atoms with E-state index in [0.717, 1.165) is 48.1 Å². The number of aromatic nitrogens is 3. The molecule has 2 heterocycles. The van der Waals surface area contributed by atoms with Crippen molar-refractivity contribution in [2.24, 2.45) is 5.92 Å². The second-order valence-corrected chi connectivity index (χ2v) is 12.3. The summed E-state index contributed by atoms with van der Waals surface area (Å²) >= 11 is 2.41. The molecule has 1 N–H and O–H groups in total. The molecule has 0 bridgehead atoms. The standard InChI is InChI=1S/C28H32IN4O/c1-5-33(29,27(34)18-6-10-21(11-7-18)28(2,3)4)24-13-9-19-16-20(8-12-22(19)24)25-23-14-15-30-26(23)32-17-31-25/h6-8,10-12,14-15,17,19,24H,5,9,13,16H2,1-4H3,(H,30,31,32)/q+1/t19?,24?,33-/m0/s1. The molecule has 2 unspecified atom stereocenters. The Balaban J connectivity index is 1.45. The molecule has 34 heavy (non-hydrogen) atoms. The molecule has 6 heteroatoms. The van der Waals surface area contributed by atoms with Gasteiger partial charge in [0.1, 0.15) is 18.0 Å². The number of hydrogen-bond acceptors (Lipinski definition) is 3. The average molecular weight is 567 g/mol. The SMILES string of the molecule is CC[N@@+](I)(C(=O)c1ccc(C(C)(C)C)cc1)C1CCC2CC(c3ncnc4[nH]ccc34)=CC=C21. The first-order chi connectivity index (χ1) is 16.2. The zero-order valence-corrected chi connectivity index (χ0v) is 22.5. The number of aromatic amines is 1. The summed E-state index contributed by atoms with van der Waals surface area (Å²) in [6, 6.07) is 10.5. The molecule has 0 spiro atoms. The maximum atomic E-state index is 13.8. The summed E-state index contributed by atoms with van der Waals surface area (Å²) in [5.41, 5.74) is 6.70. The number of fused-ring (bicyclic) bond motifs is 2. The van der Waals surface area contributed by atoms with E-state index in [-0.39, 0.29) is 17.4 Å². The van der Waals surface area contributed by atoms with Gasteiger partial charge in [-0.3, -0.25) is 0 Å². The molecule has 1 aromatic carbocycles. The molecule has 5 rings (SSSR count). The summed E-state index contributed by atoms with van der Waals surface area (Å²) in [5.74, 6) is 0.665. The monoisotopic (exact) mass is 567 g/mol. The van der Waals surface area contributed by atoms with Gasteiger partial charge < -0.3 is 4.98 Å². The molecule has 5 nitrogen and oxygen atoms in total. The predicted octanol–water partition coefficient (Wildman–Crippen LogP) is 6.77. The van der Waals surface area contributed by atoms with E-state index in [1.54, 1.807) is 6.33 Å². The molecule has 0 radical (unpaired) electrons. The quantitative estimate of drug-likeness (QED) is 0.280. The van der Waals surface area contributed by atoms with E-state index in [1.807, 2.05) is 18.3 Å². The van der Waals surface area contributed by atoms with Crippen molar-refractivity contribution in [2.45, 2.75) is 58.4 Å². The van der Waals surface area contributed by atoms with Crippen molar-refractivity contribution in [1.29, 1.82) is 0 Å². The fourth-order valence-corrected chi connectivity index (χ4v) is 6.42. The molecular weight excluding hydrogens is 535 g/mol. The van der Waals surface area contributed by atoms with E-state index in [1.165, 1.54) is 16.7 Å². The third-order valence-corrected chi connectivity index (χ3v) is 9.33. The third-order valence-electron chi connectivity index (χ3n) is 7.54. The van der Waals surface area contributed by atoms with E-state index < -0.39 is 0 Å². The summed E-state index contributed by atoms with van der Waals surface area (Å²) in [6.45, 7) is 9.50. The maximum Gasteiger partial charge on any atom is 0.353 e. The van der Waals surface area contributed by atoms with E-state index in [9.17, 15) is 4.79 Å². The lowest BCUT2D eigenvalue weighted by Gasteiger charge is -2.35. The van der Waals surface area contributed by atoms with Crippen molar-refractivity contribution in [1.82, 2.24) is 15.0 Å². The van der Waals surface area contributed by atoms with Gasteiger partial charge in [0.05, 0.1) is 17.8 Å². The summed E-state index contributed by atoms with van der Waals surface area (Å²) in [7, 11) is 0. The molecule has 176 valence electrons. The Labute approximate surface area is 215 Å². The van der Waals surface area contributed by atoms with Crippen LogP contribution in [0.4, 0.5) is 0 Å². The Hall–Kier alpha value is -2.32. The summed E-state index contributed by atoms with van der Waals surface area (Å²) in [6.07, 6.45) is 11.2. The number of allylic oxidation sites excluding steroid dienone is 3. The number of benzene rings is 1. The van der Waals surface area contributed by atoms with Gasteiger partial charge in [0.25, 0.3) is 22.9 Å². The van der Waals surface area contributed by atoms with Gasteiger partial charge in [-0.2, -0.15) is 2.70 Å². The minimum absolute atomic E-state index is 0.0773. The van der Waals surface area contributed by atoms with Crippen LogP contribution in [0.25, 0.3) is 16.6 Å². The molecule has 2 aliphatic carbocycles. The molecular formula is C28H32IN4O+. The molecule has 0 saturated heterocycles. The summed E-state index contributed by atoms with van der Waals surface area (Å²) in [4.78, 5) is 25.9. The Morgan fingerprint density at radius 1 is 1.12 bits per heavy atom. The molecule has 3 aromatic rings. The molecule has 3 atom stereocenters. The van der Waals surface area contributed by atoms with E-state index in [2.05, 4.69) is 95.9 Å². The first kappa shape index (κ1) is 23.4. The van der Waals surface area contributed by atoms with E-state index in [4.69, 9.17) is 0 Å². The number of carbonyl (C=O) groups is 1. The molecule has 2 aliphatic rings. The Morgan fingerprint density at radius 2 is 1.88 bits per heavy atom. The van der Waals surface area contributed by atoms with Crippen LogP contribution in [0.1, 0.15) is 68.6 Å². The van der Waals surface area contributed by atoms with Crippen LogP contribution in [0.5, 0.6) is 0 Å². The van der Waals surface area contributed by atoms with Gasteiger partial charge >= 0.3 is 5.91 Å². The van der Waals surface area contributed by atoms with Crippen LogP contribution < -0.4 is 0 Å². The van der Waals surface area contributed by atoms with Gasteiger partial charge in [0.2, 0.25) is 0 Å². The Kier molecular flexibility index (Phi) is 6.01. The van der Waals surface area contributed by atoms with Crippen LogP contribution in [0.3, 0.4) is 0 Å². The second-order valence-electron chi connectivity index (χ2n) is 10.5. The largest absolute Gasteiger partial charge is 0.353 e. The van der Waals surface area contributed by atoms with Gasteiger partial charge in [0, 0.05) is 18.0 Å². The van der Waals surface area contributed by atoms with Crippen LogP contribution in [0, 0.1) is 5.92 Å². The number of H-pyrrole nitrogens is 1. The number of carbonyl (C=O) groups excluding carboxylic acids is 1. The van der Waals surface area contributed by atoms with Crippen molar-refractivity contribution in [2.75, 3.05) is 6.54 Å². The van der Waals surface area contributed by atoms with Gasteiger partial charge in [-0.05, 0) is 66.0 Å². The Morgan fingerprint density at radius 3 is 2.59 bits per heavy atom. The second kappa shape index (κ2) is 8.72. The fourth-order valence-electron chi connectivity index (χ4n) is 5.54. The zero-order valence-electron chi connectivity index (χ0n) is 20.3. The highest BCUT2D eigenvalue weighted by Crippen LogP contribution is 2.47. The van der Waals surface area contributed by atoms with E-state index in [0.29, 0.717) is 8.61 Å². The topological polar surface area (TPSA) is 58.6 Å². The number of likely N-dealkylation sites (N-methyl/N-ethyl adjacent to an activating group) is 1. The molecule has 2 aromatic heterocycles. The van der Waals surface area contributed by atoms with Gasteiger partial charge in [-0.1, -0.05) is 45.1 Å². The van der Waals surface area contributed by atoms with Gasteiger partial charge in [0.15, 0.2) is 0 Å². The number of nitrogens with zero attached hydrogens (tertiary/aromatic N) is 3. The lowest BCUT2D eigenvalue weighted by Crippen LogP contribution is -2.51. The number of nitrogens with one attached hydrogen (secondary N) is 1. The first-order valence-electron chi connectivity index (χ1n) is 12.1. The smallest absolute Gasteiger partial charge is 0.346 e. The molecule has 1 saturated carbocycles. The van der Waals surface area contributed by atoms with Gasteiger partial charge in [-0.15, -0.1) is 0 Å². The lowest BCUT2D eigenvalue weighted by atomic mass is 9.86. The summed E-state index contributed by atoms with van der Waals surface area (Å²) < 4.78 is 0.397. The van der Waals surface area contributed by atoms with Crippen LogP contribution >= 0.6 is 22.9 Å². The minimum Gasteiger partial charge on any atom is -0.346 e. The fraction of sp³-hybridized carbons (Fsp3) is 0.393. The van der Waals surface area contributed by atoms with Crippen LogP contribution in [-0.4, -0.2) is 36.1 Å². The van der Waals surface area contributed by atoms with Crippen molar-refractivity contribution >= 4 is 45.4 Å². The maximum absolute atomic E-state index is 13.8. The lowest BCUT2D eigenvalue weighted by molar-refractivity contribution is -0.686. The highest BCUT2D eigenvalue weighted by atomic mass is 127. The van der Waals surface area contributed by atoms with Crippen molar-refractivity contribution < 1.29 is 7.49 Å². The highest BCUT2D eigenvalue weighted by Gasteiger charge is 2.49. The average Bonchev–Trinajstić information content (AvgIpc) is 3.49. The van der Waals surface area contributed by atoms with Crippen LogP contribution in [0.2, 0.25) is 0 Å². The molecule has 0 aliphatic heterocycles. The predicted molar refractivity (Wildman–Crippen MR) is 145 cm³/mol. The Bertz CT molecular complexity index is 1300. The third kappa shape index (κ3) is 3.94. The van der Waals surface area contributed by atoms with Crippen molar-refractivity contribution in [3.05, 3.63) is 77.4 Å². The van der Waals surface area contributed by atoms with Crippen molar-refractivity contribution in [3.63, 3.8) is 0 Å². The molecule has 1 amide bonds. The van der Waals surface area contributed by atoms with Crippen molar-refractivity contribution in [3.8, 4) is 0 Å². The molecule has 1 fully saturated rings. The van der Waals surface area contributed by atoms with Gasteiger partial charge in [-0.25, -0.2) is 14.8 Å². The number of quaternary nitrogens is 1.